The predicted octanol–water partition coefficient (Wildman–Crippen LogP) is 3.66. The first-order valence-corrected chi connectivity index (χ1v) is 8.24. The molecular formula is C16H21BrN4O2. The monoisotopic (exact) mass is 380 g/mol. The van der Waals surface area contributed by atoms with E-state index in [1.165, 1.54) is 11.8 Å². The standard InChI is InChI=1S/C16H21BrN4O2/c1-16(2,3)11-6-7-13(12(17)9-11)23-8-4-5-15(22)19-14-10-18-21-20-14/h6-7,9-10H,4-5,8H2,1-3H3,(H2,18,19,20,21,22). The van der Waals surface area contributed by atoms with Crippen LogP contribution in [0.25, 0.3) is 0 Å². The third-order valence-corrected chi connectivity index (χ3v) is 3.91. The molecule has 0 fully saturated rings. The molecule has 1 heterocycles. The van der Waals surface area contributed by atoms with Crippen LogP contribution in [-0.2, 0) is 10.2 Å². The number of nitrogens with zero attached hydrogens (tertiary/aromatic N) is 2. The van der Waals surface area contributed by atoms with Crippen LogP contribution in [0.5, 0.6) is 5.75 Å². The summed E-state index contributed by atoms with van der Waals surface area (Å²) in [6.45, 7) is 6.98. The van der Waals surface area contributed by atoms with Gasteiger partial charge in [0.15, 0.2) is 5.82 Å². The molecule has 2 rings (SSSR count). The van der Waals surface area contributed by atoms with Gasteiger partial charge in [-0.2, -0.15) is 10.3 Å². The molecule has 1 aromatic heterocycles. The van der Waals surface area contributed by atoms with E-state index in [4.69, 9.17) is 4.74 Å². The summed E-state index contributed by atoms with van der Waals surface area (Å²) in [6.07, 6.45) is 2.45. The van der Waals surface area contributed by atoms with E-state index < -0.39 is 0 Å². The Kier molecular flexibility index (Phi) is 5.76. The van der Waals surface area contributed by atoms with Gasteiger partial charge in [-0.15, -0.1) is 5.10 Å². The first-order chi connectivity index (χ1) is 10.9. The highest BCUT2D eigenvalue weighted by atomic mass is 79.9. The number of aromatic nitrogens is 3. The minimum Gasteiger partial charge on any atom is -0.492 e. The Morgan fingerprint density at radius 3 is 2.78 bits per heavy atom. The quantitative estimate of drug-likeness (QED) is 0.749. The van der Waals surface area contributed by atoms with Crippen LogP contribution in [0, 0.1) is 0 Å². The van der Waals surface area contributed by atoms with Crippen molar-refractivity contribution in [3.63, 3.8) is 0 Å². The molecule has 0 bridgehead atoms. The van der Waals surface area contributed by atoms with E-state index in [0.29, 0.717) is 25.3 Å². The Bertz CT molecular complexity index is 651. The van der Waals surface area contributed by atoms with Gasteiger partial charge in [-0.05, 0) is 45.5 Å². The van der Waals surface area contributed by atoms with Crippen molar-refractivity contribution >= 4 is 27.7 Å². The lowest BCUT2D eigenvalue weighted by molar-refractivity contribution is -0.116. The average molecular weight is 381 g/mol. The van der Waals surface area contributed by atoms with Gasteiger partial charge >= 0.3 is 0 Å². The molecule has 7 heteroatoms. The van der Waals surface area contributed by atoms with Crippen molar-refractivity contribution in [2.24, 2.45) is 0 Å². The number of amides is 1. The third-order valence-electron chi connectivity index (χ3n) is 3.29. The molecule has 2 aromatic rings. The Labute approximate surface area is 144 Å². The summed E-state index contributed by atoms with van der Waals surface area (Å²) < 4.78 is 6.66. The zero-order chi connectivity index (χ0) is 16.9. The molecule has 0 radical (unpaired) electrons. The molecule has 0 unspecified atom stereocenters. The van der Waals surface area contributed by atoms with Gasteiger partial charge in [-0.1, -0.05) is 26.8 Å². The van der Waals surface area contributed by atoms with Crippen LogP contribution < -0.4 is 10.1 Å². The van der Waals surface area contributed by atoms with Crippen LogP contribution in [0.3, 0.4) is 0 Å². The van der Waals surface area contributed by atoms with Crippen molar-refractivity contribution in [3.05, 3.63) is 34.4 Å². The molecule has 0 saturated heterocycles. The second kappa shape index (κ2) is 7.59. The number of hydrogen-bond acceptors (Lipinski definition) is 4. The Morgan fingerprint density at radius 1 is 1.39 bits per heavy atom. The number of carbonyl (C=O) groups is 1. The fourth-order valence-electron chi connectivity index (χ4n) is 1.97. The number of aromatic amines is 1. The highest BCUT2D eigenvalue weighted by Crippen LogP contribution is 2.31. The largest absolute Gasteiger partial charge is 0.492 e. The number of ether oxygens (including phenoxy) is 1. The van der Waals surface area contributed by atoms with Crippen LogP contribution in [0.4, 0.5) is 5.82 Å². The molecule has 0 atom stereocenters. The van der Waals surface area contributed by atoms with Gasteiger partial charge in [0.05, 0.1) is 17.3 Å². The Balaban J connectivity index is 1.77. The molecule has 23 heavy (non-hydrogen) atoms. The molecular weight excluding hydrogens is 360 g/mol. The molecule has 1 amide bonds. The maximum absolute atomic E-state index is 11.7. The number of carbonyl (C=O) groups excluding carboxylic acids is 1. The summed E-state index contributed by atoms with van der Waals surface area (Å²) in [7, 11) is 0. The normalized spacial score (nSPS) is 11.3. The summed E-state index contributed by atoms with van der Waals surface area (Å²) in [5.74, 6) is 1.11. The maximum atomic E-state index is 11.7. The van der Waals surface area contributed by atoms with Crippen LogP contribution in [0.2, 0.25) is 0 Å². The van der Waals surface area contributed by atoms with Gasteiger partial charge in [0.25, 0.3) is 0 Å². The molecule has 0 aliphatic rings. The Hall–Kier alpha value is -1.89. The van der Waals surface area contributed by atoms with Crippen molar-refractivity contribution in [1.82, 2.24) is 15.4 Å². The highest BCUT2D eigenvalue weighted by molar-refractivity contribution is 9.10. The SMILES string of the molecule is CC(C)(C)c1ccc(OCCCC(=O)Nc2cn[nH]n2)c(Br)c1. The first kappa shape index (κ1) is 17.5. The summed E-state index contributed by atoms with van der Waals surface area (Å²) in [5, 5.41) is 12.5. The lowest BCUT2D eigenvalue weighted by Gasteiger charge is -2.20. The fraction of sp³-hybridized carbons (Fsp3) is 0.438. The lowest BCUT2D eigenvalue weighted by atomic mass is 9.87. The van der Waals surface area contributed by atoms with E-state index in [1.807, 2.05) is 6.07 Å². The number of halogens is 1. The second-order valence-corrected chi connectivity index (χ2v) is 7.10. The van der Waals surface area contributed by atoms with Gasteiger partial charge in [0, 0.05) is 6.42 Å². The van der Waals surface area contributed by atoms with Crippen LogP contribution in [0.1, 0.15) is 39.2 Å². The summed E-state index contributed by atoms with van der Waals surface area (Å²) in [4.78, 5) is 11.7. The highest BCUT2D eigenvalue weighted by Gasteiger charge is 2.15. The van der Waals surface area contributed by atoms with E-state index in [0.717, 1.165) is 10.2 Å². The summed E-state index contributed by atoms with van der Waals surface area (Å²) in [5.41, 5.74) is 1.34. The van der Waals surface area contributed by atoms with E-state index in [2.05, 4.69) is 69.6 Å². The van der Waals surface area contributed by atoms with Crippen molar-refractivity contribution in [3.8, 4) is 5.75 Å². The van der Waals surface area contributed by atoms with Crippen LogP contribution in [-0.4, -0.2) is 27.9 Å². The van der Waals surface area contributed by atoms with Gasteiger partial charge in [-0.3, -0.25) is 4.79 Å². The molecule has 0 aliphatic heterocycles. The van der Waals surface area contributed by atoms with E-state index in [-0.39, 0.29) is 11.3 Å². The maximum Gasteiger partial charge on any atom is 0.225 e. The second-order valence-electron chi connectivity index (χ2n) is 6.25. The van der Waals surface area contributed by atoms with E-state index >= 15 is 0 Å². The lowest BCUT2D eigenvalue weighted by Crippen LogP contribution is -2.13. The average Bonchev–Trinajstić information content (AvgIpc) is 2.96. The molecule has 124 valence electrons. The summed E-state index contributed by atoms with van der Waals surface area (Å²) >= 11 is 3.54. The Morgan fingerprint density at radius 2 is 2.17 bits per heavy atom. The van der Waals surface area contributed by atoms with Crippen molar-refractivity contribution in [1.29, 1.82) is 0 Å². The van der Waals surface area contributed by atoms with Gasteiger partial charge in [0.2, 0.25) is 5.91 Å². The molecule has 0 aliphatic carbocycles. The number of rotatable bonds is 6. The topological polar surface area (TPSA) is 79.9 Å². The van der Waals surface area contributed by atoms with Crippen LogP contribution >= 0.6 is 15.9 Å². The number of nitrogens with one attached hydrogen (secondary N) is 2. The van der Waals surface area contributed by atoms with Crippen molar-refractivity contribution in [2.45, 2.75) is 39.0 Å². The predicted molar refractivity (Wildman–Crippen MR) is 92.6 cm³/mol. The van der Waals surface area contributed by atoms with Crippen molar-refractivity contribution in [2.75, 3.05) is 11.9 Å². The minimum atomic E-state index is -0.107. The number of anilines is 1. The van der Waals surface area contributed by atoms with Gasteiger partial charge < -0.3 is 10.1 Å². The van der Waals surface area contributed by atoms with E-state index in [9.17, 15) is 4.79 Å². The van der Waals surface area contributed by atoms with Crippen LogP contribution in [0.15, 0.2) is 28.9 Å². The van der Waals surface area contributed by atoms with Gasteiger partial charge in [-0.25, -0.2) is 0 Å². The van der Waals surface area contributed by atoms with Crippen molar-refractivity contribution < 1.29 is 9.53 Å². The molecule has 0 spiro atoms. The molecule has 0 saturated carbocycles. The molecule has 1 aromatic carbocycles. The third kappa shape index (κ3) is 5.35. The minimum absolute atomic E-state index is 0.0975. The molecule has 2 N–H and O–H groups in total. The number of H-pyrrole nitrogens is 1. The molecule has 6 nitrogen and oxygen atoms in total. The zero-order valence-corrected chi connectivity index (χ0v) is 15.1. The fourth-order valence-corrected chi connectivity index (χ4v) is 2.46. The number of benzene rings is 1. The summed E-state index contributed by atoms with van der Waals surface area (Å²) in [6, 6.07) is 6.10. The smallest absolute Gasteiger partial charge is 0.225 e. The van der Waals surface area contributed by atoms with Gasteiger partial charge in [0.1, 0.15) is 5.75 Å². The zero-order valence-electron chi connectivity index (χ0n) is 13.5. The van der Waals surface area contributed by atoms with E-state index in [1.54, 1.807) is 0 Å². The first-order valence-electron chi connectivity index (χ1n) is 7.45. The number of hydrogen-bond donors (Lipinski definition) is 2.